The van der Waals surface area contributed by atoms with Crippen LogP contribution in [0.1, 0.15) is 71.6 Å². The number of para-hydroxylation sites is 2. The Kier molecular flexibility index (Phi) is 6.12. The number of rotatable bonds is 2. The van der Waals surface area contributed by atoms with Crippen molar-refractivity contribution in [3.8, 4) is 0 Å². The first-order valence-electron chi connectivity index (χ1n) is 11.8. The maximum Gasteiger partial charge on any atom is 0.174 e. The topological polar surface area (TPSA) is 44.4 Å². The van der Waals surface area contributed by atoms with Crippen molar-refractivity contribution >= 4 is 34.5 Å². The number of anilines is 2. The number of hydrogen-bond donors (Lipinski definition) is 2. The molecule has 2 aromatic rings. The predicted molar refractivity (Wildman–Crippen MR) is 142 cm³/mol. The third kappa shape index (κ3) is 4.56. The molecule has 0 fully saturated rings. The molecule has 33 heavy (non-hydrogen) atoms. The van der Waals surface area contributed by atoms with Crippen LogP contribution in [0.4, 0.5) is 11.4 Å². The smallest absolute Gasteiger partial charge is 0.174 e. The van der Waals surface area contributed by atoms with Crippen LogP contribution < -0.4 is 15.5 Å². The Labute approximate surface area is 203 Å². The Bertz CT molecular complexity index is 1110. The van der Waals surface area contributed by atoms with E-state index in [1.807, 2.05) is 19.1 Å². The van der Waals surface area contributed by atoms with Gasteiger partial charge in [0.25, 0.3) is 0 Å². The van der Waals surface area contributed by atoms with Gasteiger partial charge in [-0.1, -0.05) is 71.0 Å². The predicted octanol–water partition coefficient (Wildman–Crippen LogP) is 6.49. The van der Waals surface area contributed by atoms with E-state index in [4.69, 9.17) is 12.2 Å². The van der Waals surface area contributed by atoms with E-state index in [1.165, 1.54) is 5.56 Å². The van der Waals surface area contributed by atoms with Crippen molar-refractivity contribution in [1.82, 2.24) is 5.32 Å². The van der Waals surface area contributed by atoms with Gasteiger partial charge in [-0.2, -0.15) is 0 Å². The second kappa shape index (κ2) is 8.60. The highest BCUT2D eigenvalue weighted by molar-refractivity contribution is 7.80. The molecule has 0 aromatic heterocycles. The number of benzene rings is 2. The molecule has 4 rings (SSSR count). The van der Waals surface area contributed by atoms with E-state index in [2.05, 4.69) is 86.6 Å². The van der Waals surface area contributed by atoms with Crippen molar-refractivity contribution in [2.45, 2.75) is 65.8 Å². The molecular formula is C28H35N3OS. The van der Waals surface area contributed by atoms with Crippen molar-refractivity contribution < 1.29 is 4.79 Å². The van der Waals surface area contributed by atoms with Gasteiger partial charge < -0.3 is 15.5 Å². The summed E-state index contributed by atoms with van der Waals surface area (Å²) in [6.45, 7) is 13.7. The highest BCUT2D eigenvalue weighted by Gasteiger charge is 2.42. The molecule has 0 spiro atoms. The Morgan fingerprint density at radius 2 is 1.79 bits per heavy atom. The number of carbonyl (C=O) groups excluding carboxylic acids is 1. The first-order chi connectivity index (χ1) is 15.5. The normalized spacial score (nSPS) is 19.9. The maximum atomic E-state index is 13.7. The first kappa shape index (κ1) is 23.5. The SMILES string of the molecule is CCNC(=S)N1c2ccccc2NC2=C(C(=O)CC(C)(C)C2)C1c1ccc(C(C)(C)C)cc1. The minimum Gasteiger partial charge on any atom is -0.363 e. The lowest BCUT2D eigenvalue weighted by Gasteiger charge is -2.38. The molecule has 174 valence electrons. The van der Waals surface area contributed by atoms with Crippen LogP contribution in [0.2, 0.25) is 0 Å². The van der Waals surface area contributed by atoms with Crippen LogP contribution in [-0.2, 0) is 10.2 Å². The van der Waals surface area contributed by atoms with Crippen molar-refractivity contribution in [1.29, 1.82) is 0 Å². The number of allylic oxidation sites excluding steroid dienone is 1. The second-order valence-corrected chi connectivity index (χ2v) is 11.3. The zero-order chi connectivity index (χ0) is 24.0. The van der Waals surface area contributed by atoms with Gasteiger partial charge in [0, 0.05) is 24.2 Å². The fraction of sp³-hybridized carbons (Fsp3) is 0.429. The third-order valence-corrected chi connectivity index (χ3v) is 6.88. The molecule has 2 aliphatic rings. The van der Waals surface area contributed by atoms with Crippen molar-refractivity contribution in [2.75, 3.05) is 16.8 Å². The van der Waals surface area contributed by atoms with Crippen LogP contribution in [0, 0.1) is 5.41 Å². The summed E-state index contributed by atoms with van der Waals surface area (Å²) in [6, 6.07) is 16.6. The van der Waals surface area contributed by atoms with Crippen LogP contribution in [0.15, 0.2) is 59.8 Å². The molecule has 4 nitrogen and oxygen atoms in total. The maximum absolute atomic E-state index is 13.7. The van der Waals surface area contributed by atoms with Gasteiger partial charge in [0.15, 0.2) is 10.9 Å². The van der Waals surface area contributed by atoms with Gasteiger partial charge >= 0.3 is 0 Å². The minimum absolute atomic E-state index is 0.0595. The third-order valence-electron chi connectivity index (χ3n) is 6.54. The molecule has 0 amide bonds. The fourth-order valence-corrected chi connectivity index (χ4v) is 5.28. The van der Waals surface area contributed by atoms with Gasteiger partial charge in [0.2, 0.25) is 0 Å². The Morgan fingerprint density at radius 3 is 2.42 bits per heavy atom. The van der Waals surface area contributed by atoms with Crippen molar-refractivity contribution in [3.63, 3.8) is 0 Å². The molecule has 0 bridgehead atoms. The summed E-state index contributed by atoms with van der Waals surface area (Å²) >= 11 is 5.90. The zero-order valence-electron chi connectivity index (χ0n) is 20.6. The standard InChI is InChI=1S/C28H35N3OS/c1-7-29-26(33)31-22-11-9-8-10-20(22)30-21-16-28(5,6)17-23(32)24(21)25(31)18-12-14-19(15-13-18)27(2,3)4/h8-15,25,30H,7,16-17H2,1-6H3,(H,29,33). The molecule has 5 heteroatoms. The van der Waals surface area contributed by atoms with Crippen LogP contribution in [0.25, 0.3) is 0 Å². The van der Waals surface area contributed by atoms with E-state index in [1.54, 1.807) is 0 Å². The van der Waals surface area contributed by atoms with E-state index in [9.17, 15) is 4.79 Å². The number of ketones is 1. The van der Waals surface area contributed by atoms with E-state index < -0.39 is 0 Å². The van der Waals surface area contributed by atoms with E-state index in [0.29, 0.717) is 18.1 Å². The fourth-order valence-electron chi connectivity index (χ4n) is 4.93. The lowest BCUT2D eigenvalue weighted by molar-refractivity contribution is -0.118. The summed E-state index contributed by atoms with van der Waals surface area (Å²) in [4.78, 5) is 15.8. The monoisotopic (exact) mass is 461 g/mol. The van der Waals surface area contributed by atoms with E-state index in [0.717, 1.165) is 34.6 Å². The number of Topliss-reactive ketones (excluding diaryl/α,β-unsaturated/α-hetero) is 1. The molecule has 0 saturated carbocycles. The Hall–Kier alpha value is -2.66. The highest BCUT2D eigenvalue weighted by Crippen LogP contribution is 2.48. The number of thiocarbonyl (C=S) groups is 1. The lowest BCUT2D eigenvalue weighted by atomic mass is 9.73. The molecule has 2 N–H and O–H groups in total. The van der Waals surface area contributed by atoms with Gasteiger partial charge in [-0.25, -0.2) is 0 Å². The van der Waals surface area contributed by atoms with Crippen LogP contribution in [0.3, 0.4) is 0 Å². The molecule has 1 unspecified atom stereocenters. The number of nitrogens with zero attached hydrogens (tertiary/aromatic N) is 1. The van der Waals surface area contributed by atoms with Gasteiger partial charge in [-0.3, -0.25) is 4.79 Å². The minimum atomic E-state index is -0.291. The molecule has 1 atom stereocenters. The average Bonchev–Trinajstić information content (AvgIpc) is 2.86. The molecule has 1 heterocycles. The summed E-state index contributed by atoms with van der Waals surface area (Å²) in [5.74, 6) is 0.191. The van der Waals surface area contributed by atoms with Gasteiger partial charge in [0.05, 0.1) is 17.4 Å². The first-order valence-corrected chi connectivity index (χ1v) is 12.2. The Balaban J connectivity index is 1.96. The van der Waals surface area contributed by atoms with E-state index in [-0.39, 0.29) is 22.7 Å². The summed E-state index contributed by atoms with van der Waals surface area (Å²) in [5.41, 5.74) is 6.11. The van der Waals surface area contributed by atoms with Crippen LogP contribution in [-0.4, -0.2) is 17.4 Å². The number of fused-ring (bicyclic) bond motifs is 1. The van der Waals surface area contributed by atoms with Crippen LogP contribution in [0.5, 0.6) is 0 Å². The molecule has 1 aliphatic carbocycles. The van der Waals surface area contributed by atoms with Crippen molar-refractivity contribution in [3.05, 3.63) is 70.9 Å². The summed E-state index contributed by atoms with van der Waals surface area (Å²) < 4.78 is 0. The largest absolute Gasteiger partial charge is 0.363 e. The average molecular weight is 462 g/mol. The van der Waals surface area contributed by atoms with Crippen molar-refractivity contribution in [2.24, 2.45) is 5.41 Å². The summed E-state index contributed by atoms with van der Waals surface area (Å²) in [6.07, 6.45) is 1.35. The molecule has 2 aromatic carbocycles. The molecule has 0 saturated heterocycles. The van der Waals surface area contributed by atoms with Gasteiger partial charge in [0.1, 0.15) is 0 Å². The lowest BCUT2D eigenvalue weighted by Crippen LogP contribution is -2.44. The number of hydrogen-bond acceptors (Lipinski definition) is 3. The molecule has 0 radical (unpaired) electrons. The number of carbonyl (C=O) groups is 1. The summed E-state index contributed by atoms with van der Waals surface area (Å²) in [7, 11) is 0. The zero-order valence-corrected chi connectivity index (χ0v) is 21.4. The second-order valence-electron chi connectivity index (χ2n) is 11.0. The van der Waals surface area contributed by atoms with Gasteiger partial charge in [-0.15, -0.1) is 0 Å². The highest BCUT2D eigenvalue weighted by atomic mass is 32.1. The quantitative estimate of drug-likeness (QED) is 0.500. The molecular weight excluding hydrogens is 426 g/mol. The Morgan fingerprint density at radius 1 is 1.12 bits per heavy atom. The molecule has 1 aliphatic heterocycles. The van der Waals surface area contributed by atoms with E-state index >= 15 is 0 Å². The van der Waals surface area contributed by atoms with Crippen LogP contribution >= 0.6 is 12.2 Å². The van der Waals surface area contributed by atoms with Gasteiger partial charge in [-0.05, 0) is 59.7 Å². The number of nitrogens with one attached hydrogen (secondary N) is 2. The summed E-state index contributed by atoms with van der Waals surface area (Å²) in [5, 5.41) is 7.61.